The van der Waals surface area contributed by atoms with Crippen LogP contribution in [0.1, 0.15) is 37.4 Å². The molecule has 0 fully saturated rings. The van der Waals surface area contributed by atoms with Gasteiger partial charge >= 0.3 is 0 Å². The summed E-state index contributed by atoms with van der Waals surface area (Å²) in [7, 11) is 1.96. The maximum absolute atomic E-state index is 12.6. The Bertz CT molecular complexity index is 1220. The molecule has 0 unspecified atom stereocenters. The Morgan fingerprint density at radius 1 is 1.28 bits per heavy atom. The molecule has 148 valence electrons. The number of carbonyl (C=O) groups excluding carboxylic acids is 1. The molecule has 1 N–H and O–H groups in total. The molecule has 4 rings (SSSR count). The lowest BCUT2D eigenvalue weighted by Gasteiger charge is -2.10. The van der Waals surface area contributed by atoms with E-state index in [1.807, 2.05) is 49.9 Å². The predicted octanol–water partition coefficient (Wildman–Crippen LogP) is 4.55. The second-order valence-electron chi connectivity index (χ2n) is 7.18. The molecule has 0 saturated carbocycles. The summed E-state index contributed by atoms with van der Waals surface area (Å²) in [5.41, 5.74) is 3.25. The van der Waals surface area contributed by atoms with Crippen molar-refractivity contribution in [3.63, 3.8) is 0 Å². The number of fused-ring (bicyclic) bond motifs is 1. The molecule has 0 atom stereocenters. The molecule has 1 aromatic carbocycles. The molecule has 1 amide bonds. The number of carbonyl (C=O) groups is 1. The van der Waals surface area contributed by atoms with Gasteiger partial charge in [0.05, 0.1) is 35.7 Å². The van der Waals surface area contributed by atoms with Gasteiger partial charge in [-0.1, -0.05) is 18.7 Å². The fourth-order valence-corrected chi connectivity index (χ4v) is 3.23. The molecule has 7 nitrogen and oxygen atoms in total. The summed E-state index contributed by atoms with van der Waals surface area (Å²) in [5.74, 6) is 0.221. The molecule has 3 aromatic heterocycles. The predicted molar refractivity (Wildman–Crippen MR) is 117 cm³/mol. The molecule has 0 aliphatic rings. The largest absolute Gasteiger partial charge is 0.334 e. The number of aromatic nitrogens is 5. The number of imidazole rings is 1. The van der Waals surface area contributed by atoms with E-state index in [2.05, 4.69) is 33.0 Å². The van der Waals surface area contributed by atoms with Crippen molar-refractivity contribution in [2.75, 3.05) is 5.32 Å². The topological polar surface area (TPSA) is 77.6 Å². The Hall–Kier alpha value is -3.74. The van der Waals surface area contributed by atoms with Crippen LogP contribution in [0.5, 0.6) is 0 Å². The number of anilines is 1. The zero-order valence-corrected chi connectivity index (χ0v) is 16.6. The van der Waals surface area contributed by atoms with Gasteiger partial charge in [0, 0.05) is 31.7 Å². The van der Waals surface area contributed by atoms with E-state index >= 15 is 0 Å². The number of benzene rings is 1. The Labute approximate surface area is 170 Å². The minimum absolute atomic E-state index is 0. The van der Waals surface area contributed by atoms with E-state index in [0.717, 1.165) is 22.0 Å². The third-order valence-electron chi connectivity index (χ3n) is 4.80. The van der Waals surface area contributed by atoms with Crippen LogP contribution in [0.25, 0.3) is 28.1 Å². The van der Waals surface area contributed by atoms with Gasteiger partial charge in [0.1, 0.15) is 5.82 Å². The van der Waals surface area contributed by atoms with Crippen LogP contribution in [0.4, 0.5) is 5.82 Å². The molecule has 7 heteroatoms. The first-order valence-electron chi connectivity index (χ1n) is 9.35. The maximum atomic E-state index is 12.6. The van der Waals surface area contributed by atoms with Gasteiger partial charge in [0.25, 0.3) is 5.91 Å². The Kier molecular flexibility index (Phi) is 4.72. The molecule has 0 radical (unpaired) electrons. The molecule has 0 bridgehead atoms. The zero-order chi connectivity index (χ0) is 20.5. The Balaban J connectivity index is 0.00000256. The van der Waals surface area contributed by atoms with Crippen LogP contribution in [0, 0.1) is 0 Å². The second-order valence-corrected chi connectivity index (χ2v) is 7.18. The van der Waals surface area contributed by atoms with Crippen molar-refractivity contribution < 1.29 is 6.22 Å². The van der Waals surface area contributed by atoms with Gasteiger partial charge in [-0.05, 0) is 37.4 Å². The summed E-state index contributed by atoms with van der Waals surface area (Å²) in [4.78, 5) is 21.4. The van der Waals surface area contributed by atoms with E-state index in [-0.39, 0.29) is 13.4 Å². The number of nitrogens with one attached hydrogen (secondary N) is 1. The number of hydrogen-bond acceptors (Lipinski definition) is 4. The van der Waals surface area contributed by atoms with Crippen LogP contribution < -0.4 is 5.32 Å². The van der Waals surface area contributed by atoms with Gasteiger partial charge in [-0.25, -0.2) is 9.97 Å². The first-order valence-corrected chi connectivity index (χ1v) is 9.35. The van der Waals surface area contributed by atoms with Crippen LogP contribution in [0.3, 0.4) is 0 Å². The number of nitrogens with zero attached hydrogens (tertiary/aromatic N) is 5. The quantitative estimate of drug-likeness (QED) is 0.544. The van der Waals surface area contributed by atoms with Crippen molar-refractivity contribution in [3.05, 3.63) is 67.0 Å². The zero-order valence-electron chi connectivity index (χ0n) is 16.6. The molecule has 0 aliphatic carbocycles. The maximum Gasteiger partial charge on any atom is 0.260 e. The van der Waals surface area contributed by atoms with Crippen LogP contribution in [0.2, 0.25) is 0 Å². The summed E-state index contributed by atoms with van der Waals surface area (Å²) >= 11 is 0. The van der Waals surface area contributed by atoms with E-state index in [1.54, 1.807) is 29.5 Å². The van der Waals surface area contributed by atoms with Crippen molar-refractivity contribution in [2.24, 2.45) is 7.05 Å². The van der Waals surface area contributed by atoms with Gasteiger partial charge in [-0.15, -0.1) is 0 Å². The van der Waals surface area contributed by atoms with Crippen molar-refractivity contribution >= 4 is 28.6 Å². The van der Waals surface area contributed by atoms with E-state index in [4.69, 9.17) is 0 Å². The highest BCUT2D eigenvalue weighted by Gasteiger charge is 2.13. The third-order valence-corrected chi connectivity index (χ3v) is 4.80. The fraction of sp³-hybridized carbons (Fsp3) is 0.182. The van der Waals surface area contributed by atoms with E-state index < -0.39 is 0 Å². The molecular formula is C22H24N6O. The van der Waals surface area contributed by atoms with Crippen LogP contribution >= 0.6 is 0 Å². The average molecular weight is 388 g/mol. The van der Waals surface area contributed by atoms with Crippen molar-refractivity contribution in [1.82, 2.24) is 24.3 Å². The summed E-state index contributed by atoms with van der Waals surface area (Å²) < 4.78 is 3.71. The summed E-state index contributed by atoms with van der Waals surface area (Å²) in [6.07, 6.45) is 8.58. The highest BCUT2D eigenvalue weighted by Crippen LogP contribution is 2.28. The lowest BCUT2D eigenvalue weighted by molar-refractivity contribution is 0.102. The lowest BCUT2D eigenvalue weighted by Crippen LogP contribution is -2.13. The van der Waals surface area contributed by atoms with Gasteiger partial charge in [-0.2, -0.15) is 5.10 Å². The van der Waals surface area contributed by atoms with Crippen molar-refractivity contribution in [3.8, 4) is 11.3 Å². The number of pyridine rings is 1. The normalized spacial score (nSPS) is 11.2. The minimum atomic E-state index is -0.249. The summed E-state index contributed by atoms with van der Waals surface area (Å²) in [6, 6.07) is 8.17. The molecule has 0 aliphatic heterocycles. The molecule has 4 aromatic rings. The Morgan fingerprint density at radius 3 is 2.76 bits per heavy atom. The van der Waals surface area contributed by atoms with Crippen LogP contribution in [-0.4, -0.2) is 30.2 Å². The fourth-order valence-electron chi connectivity index (χ4n) is 3.23. The highest BCUT2D eigenvalue weighted by molar-refractivity contribution is 6.04. The first-order chi connectivity index (χ1) is 14.0. The first kappa shape index (κ1) is 18.6. The van der Waals surface area contributed by atoms with Crippen LogP contribution in [0.15, 0.2) is 55.8 Å². The molecule has 0 spiro atoms. The van der Waals surface area contributed by atoms with Crippen molar-refractivity contribution in [2.45, 2.75) is 19.9 Å². The molecule has 0 saturated heterocycles. The second kappa shape index (κ2) is 7.35. The number of rotatable bonds is 5. The standard InChI is InChI=1S/C22H22N6O.H2/c1-5-19-18-7-6-15(20-11-23-13-27(20)4)8-16(18)9-21(25-19)26-22(29)17-10-24-28(12-17)14(2)3;/h5-14H,1H2,2-4H3,(H,25,26,29);1H. The van der Waals surface area contributed by atoms with E-state index in [1.165, 1.54) is 0 Å². The SMILES string of the molecule is C=Cc1nc(NC(=O)c2cnn(C(C)C)c2)cc2cc(-c3cncn3C)ccc12.[HH]. The number of aryl methyl sites for hydroxylation is 1. The molecular weight excluding hydrogens is 364 g/mol. The molecule has 3 heterocycles. The van der Waals surface area contributed by atoms with Gasteiger partial charge < -0.3 is 9.88 Å². The average Bonchev–Trinajstić information content (AvgIpc) is 3.36. The molecule has 29 heavy (non-hydrogen) atoms. The summed E-state index contributed by atoms with van der Waals surface area (Å²) in [6.45, 7) is 7.89. The monoisotopic (exact) mass is 388 g/mol. The van der Waals surface area contributed by atoms with Crippen molar-refractivity contribution in [1.29, 1.82) is 0 Å². The van der Waals surface area contributed by atoms with E-state index in [0.29, 0.717) is 17.1 Å². The third kappa shape index (κ3) is 3.54. The smallest absolute Gasteiger partial charge is 0.260 e. The number of hydrogen-bond donors (Lipinski definition) is 1. The van der Waals surface area contributed by atoms with E-state index in [9.17, 15) is 4.79 Å². The van der Waals surface area contributed by atoms with Gasteiger partial charge in [0.2, 0.25) is 0 Å². The van der Waals surface area contributed by atoms with Gasteiger partial charge in [-0.3, -0.25) is 9.48 Å². The highest BCUT2D eigenvalue weighted by atomic mass is 16.1. The summed E-state index contributed by atoms with van der Waals surface area (Å²) in [5, 5.41) is 9.02. The number of amides is 1. The lowest BCUT2D eigenvalue weighted by atomic mass is 10.0. The van der Waals surface area contributed by atoms with Gasteiger partial charge in [0.15, 0.2) is 0 Å². The van der Waals surface area contributed by atoms with Crippen LogP contribution in [-0.2, 0) is 7.05 Å². The Morgan fingerprint density at radius 2 is 2.10 bits per heavy atom. The minimum Gasteiger partial charge on any atom is -0.334 e.